The molecule has 0 aliphatic carbocycles. The Hall–Kier alpha value is -3.88. The largest absolute Gasteiger partial charge is 0.573 e. The van der Waals surface area contributed by atoms with Gasteiger partial charge >= 0.3 is 12.3 Å². The van der Waals surface area contributed by atoms with Gasteiger partial charge in [-0.15, -0.1) is 13.2 Å². The predicted octanol–water partition coefficient (Wildman–Crippen LogP) is 6.20. The van der Waals surface area contributed by atoms with E-state index in [1.807, 2.05) is 30.0 Å². The number of carbonyl (C=O) groups is 1. The molecule has 0 fully saturated rings. The number of hydrogen-bond acceptors (Lipinski definition) is 6. The molecule has 174 valence electrons. The highest BCUT2D eigenvalue weighted by Crippen LogP contribution is 2.32. The number of nitrogens with one attached hydrogen (secondary N) is 1. The highest BCUT2D eigenvalue weighted by atomic mass is 19.4. The second-order valence-electron chi connectivity index (χ2n) is 7.13. The van der Waals surface area contributed by atoms with Crippen molar-refractivity contribution in [1.29, 1.82) is 0 Å². The Morgan fingerprint density at radius 3 is 2.06 bits per heavy atom. The quantitative estimate of drug-likeness (QED) is 0.424. The van der Waals surface area contributed by atoms with Crippen LogP contribution in [0.25, 0.3) is 0 Å². The lowest BCUT2D eigenvalue weighted by molar-refractivity contribution is -0.274. The number of hydrogen-bond donors (Lipinski definition) is 1. The average molecular weight is 460 g/mol. The summed E-state index contributed by atoms with van der Waals surface area (Å²) >= 11 is 0. The van der Waals surface area contributed by atoms with Crippen LogP contribution in [0.4, 0.5) is 35.9 Å². The minimum atomic E-state index is -4.73. The van der Waals surface area contributed by atoms with Crippen LogP contribution in [0.5, 0.6) is 11.5 Å². The zero-order valence-corrected chi connectivity index (χ0v) is 18.5. The van der Waals surface area contributed by atoms with Gasteiger partial charge in [0.05, 0.1) is 25.5 Å². The second-order valence-corrected chi connectivity index (χ2v) is 7.13. The minimum Gasteiger partial charge on any atom is -0.497 e. The van der Waals surface area contributed by atoms with E-state index in [1.165, 1.54) is 26.4 Å². The maximum absolute atomic E-state index is 12.4. The van der Waals surface area contributed by atoms with Gasteiger partial charge in [0.15, 0.2) is 0 Å². The molecule has 0 saturated heterocycles. The van der Waals surface area contributed by atoms with Crippen LogP contribution in [-0.2, 0) is 4.74 Å². The molecule has 0 aliphatic heterocycles. The molecule has 9 heteroatoms. The monoisotopic (exact) mass is 460 g/mol. The average Bonchev–Trinajstić information content (AvgIpc) is 2.79. The molecule has 1 N–H and O–H groups in total. The lowest BCUT2D eigenvalue weighted by Crippen LogP contribution is -2.17. The van der Waals surface area contributed by atoms with Crippen LogP contribution >= 0.6 is 0 Å². The van der Waals surface area contributed by atoms with E-state index in [4.69, 9.17) is 9.47 Å². The van der Waals surface area contributed by atoms with Gasteiger partial charge in [-0.1, -0.05) is 0 Å². The van der Waals surface area contributed by atoms with Crippen molar-refractivity contribution in [2.45, 2.75) is 13.3 Å². The van der Waals surface area contributed by atoms with Gasteiger partial charge in [-0.3, -0.25) is 0 Å². The fraction of sp³-hybridized carbons (Fsp3) is 0.208. The number of esters is 1. The van der Waals surface area contributed by atoms with Gasteiger partial charge in [0.1, 0.15) is 11.5 Å². The summed E-state index contributed by atoms with van der Waals surface area (Å²) in [5.74, 6) is -0.249. The Balaban J connectivity index is 1.81. The summed E-state index contributed by atoms with van der Waals surface area (Å²) in [4.78, 5) is 14.0. The first-order valence-corrected chi connectivity index (χ1v) is 9.85. The van der Waals surface area contributed by atoms with Gasteiger partial charge in [-0.2, -0.15) is 0 Å². The lowest BCUT2D eigenvalue weighted by atomic mass is 10.1. The fourth-order valence-corrected chi connectivity index (χ4v) is 3.20. The highest BCUT2D eigenvalue weighted by molar-refractivity contribution is 5.97. The summed E-state index contributed by atoms with van der Waals surface area (Å²) in [5, 5.41) is 3.24. The van der Waals surface area contributed by atoms with Crippen LogP contribution < -0.4 is 19.7 Å². The number of nitrogens with zero attached hydrogens (tertiary/aromatic N) is 1. The van der Waals surface area contributed by atoms with Crippen molar-refractivity contribution in [1.82, 2.24) is 0 Å². The highest BCUT2D eigenvalue weighted by Gasteiger charge is 2.31. The molecule has 0 aliphatic rings. The summed E-state index contributed by atoms with van der Waals surface area (Å²) < 4.78 is 51.1. The van der Waals surface area contributed by atoms with Crippen molar-refractivity contribution in [2.24, 2.45) is 0 Å². The first kappa shape index (κ1) is 23.8. The van der Waals surface area contributed by atoms with E-state index in [-0.39, 0.29) is 5.75 Å². The lowest BCUT2D eigenvalue weighted by Gasteiger charge is -2.22. The molecule has 0 saturated carbocycles. The van der Waals surface area contributed by atoms with Crippen molar-refractivity contribution < 1.29 is 32.2 Å². The third kappa shape index (κ3) is 5.88. The van der Waals surface area contributed by atoms with Crippen LogP contribution in [0, 0.1) is 6.92 Å². The Bertz CT molecular complexity index is 1130. The predicted molar refractivity (Wildman–Crippen MR) is 120 cm³/mol. The molecule has 33 heavy (non-hydrogen) atoms. The second kappa shape index (κ2) is 9.72. The summed E-state index contributed by atoms with van der Waals surface area (Å²) in [6.07, 6.45) is -4.73. The summed E-state index contributed by atoms with van der Waals surface area (Å²) in [6, 6.07) is 16.3. The molecule has 0 unspecified atom stereocenters. The van der Waals surface area contributed by atoms with E-state index in [0.717, 1.165) is 16.9 Å². The Labute approximate surface area is 189 Å². The van der Waals surface area contributed by atoms with E-state index in [1.54, 1.807) is 37.4 Å². The third-order valence-electron chi connectivity index (χ3n) is 4.96. The number of carbonyl (C=O) groups excluding carboxylic acids is 1. The van der Waals surface area contributed by atoms with Crippen molar-refractivity contribution in [3.63, 3.8) is 0 Å². The molecule has 0 radical (unpaired) electrons. The number of benzene rings is 3. The number of aryl methyl sites for hydroxylation is 1. The molecule has 0 atom stereocenters. The van der Waals surface area contributed by atoms with Crippen LogP contribution in [0.2, 0.25) is 0 Å². The summed E-state index contributed by atoms with van der Waals surface area (Å²) in [5.41, 5.74) is 4.07. The summed E-state index contributed by atoms with van der Waals surface area (Å²) in [7, 11) is 4.63. The van der Waals surface area contributed by atoms with Crippen molar-refractivity contribution in [3.8, 4) is 11.5 Å². The molecule has 3 aromatic carbocycles. The number of methoxy groups -OCH3 is 2. The van der Waals surface area contributed by atoms with Gasteiger partial charge < -0.3 is 24.4 Å². The first-order chi connectivity index (χ1) is 15.6. The minimum absolute atomic E-state index is 0.281. The number of halogens is 3. The molecule has 0 amide bonds. The van der Waals surface area contributed by atoms with Gasteiger partial charge in [0, 0.05) is 24.1 Å². The smallest absolute Gasteiger partial charge is 0.497 e. The molecular formula is C24H23F3N2O4. The first-order valence-electron chi connectivity index (χ1n) is 9.85. The van der Waals surface area contributed by atoms with Crippen LogP contribution in [0.1, 0.15) is 15.9 Å². The Morgan fingerprint density at radius 2 is 1.48 bits per heavy atom. The SMILES string of the molecule is COC(=O)c1cc(OC)ccc1Nc1ccc(N(C)c2ccc(OC(F)(F)F)cc2)cc1C. The third-order valence-corrected chi connectivity index (χ3v) is 4.96. The van der Waals surface area contributed by atoms with Gasteiger partial charge in [0.2, 0.25) is 0 Å². The van der Waals surface area contributed by atoms with E-state index in [2.05, 4.69) is 10.1 Å². The zero-order valence-electron chi connectivity index (χ0n) is 18.5. The molecular weight excluding hydrogens is 437 g/mol. The Morgan fingerprint density at radius 1 is 0.879 bits per heavy atom. The molecule has 0 aromatic heterocycles. The number of ether oxygens (including phenoxy) is 3. The maximum atomic E-state index is 12.4. The van der Waals surface area contributed by atoms with Gasteiger partial charge in [-0.25, -0.2) is 4.79 Å². The maximum Gasteiger partial charge on any atom is 0.573 e. The number of anilines is 4. The summed E-state index contributed by atoms with van der Waals surface area (Å²) in [6.45, 7) is 1.90. The van der Waals surface area contributed by atoms with E-state index >= 15 is 0 Å². The van der Waals surface area contributed by atoms with Crippen molar-refractivity contribution in [2.75, 3.05) is 31.5 Å². The molecule has 0 bridgehead atoms. The van der Waals surface area contributed by atoms with Gasteiger partial charge in [0.25, 0.3) is 0 Å². The van der Waals surface area contributed by atoms with Crippen LogP contribution in [-0.4, -0.2) is 33.6 Å². The normalized spacial score (nSPS) is 11.0. The number of rotatable bonds is 7. The van der Waals surface area contributed by atoms with Crippen LogP contribution in [0.3, 0.4) is 0 Å². The number of alkyl halides is 3. The van der Waals surface area contributed by atoms with Crippen molar-refractivity contribution in [3.05, 3.63) is 71.8 Å². The van der Waals surface area contributed by atoms with E-state index in [9.17, 15) is 18.0 Å². The van der Waals surface area contributed by atoms with E-state index < -0.39 is 12.3 Å². The molecule has 0 spiro atoms. The standard InChI is InChI=1S/C24H23F3N2O4/c1-15-13-17(29(2)16-5-8-18(9-6-16)33-24(25,26)27)7-11-21(15)28-22-12-10-19(31-3)14-20(22)23(30)32-4/h5-14,28H,1-4H3. The molecule has 0 heterocycles. The van der Waals surface area contributed by atoms with Gasteiger partial charge in [-0.05, 0) is 73.2 Å². The fourth-order valence-electron chi connectivity index (χ4n) is 3.20. The molecule has 6 nitrogen and oxygen atoms in total. The molecule has 3 rings (SSSR count). The topological polar surface area (TPSA) is 60.0 Å². The Kier molecular flexibility index (Phi) is 7.01. The van der Waals surface area contributed by atoms with E-state index in [0.29, 0.717) is 22.7 Å². The van der Waals surface area contributed by atoms with Crippen LogP contribution in [0.15, 0.2) is 60.7 Å². The zero-order chi connectivity index (χ0) is 24.2. The molecule has 3 aromatic rings. The van der Waals surface area contributed by atoms with Crippen molar-refractivity contribution >= 4 is 28.7 Å².